The quantitative estimate of drug-likeness (QED) is 0.683. The minimum atomic E-state index is -0.0544. The molecule has 0 radical (unpaired) electrons. The molecule has 0 aliphatic carbocycles. The van der Waals surface area contributed by atoms with E-state index < -0.39 is 0 Å². The molecule has 0 spiro atoms. The van der Waals surface area contributed by atoms with Crippen LogP contribution in [0.1, 0.15) is 26.2 Å². The van der Waals surface area contributed by atoms with Gasteiger partial charge in [-0.15, -0.1) is 12.4 Å². The summed E-state index contributed by atoms with van der Waals surface area (Å²) in [7, 11) is 0. The van der Waals surface area contributed by atoms with Gasteiger partial charge in [0, 0.05) is 13.0 Å². The minimum absolute atomic E-state index is 0. The summed E-state index contributed by atoms with van der Waals surface area (Å²) in [4.78, 5) is 10.9. The Kier molecular flexibility index (Phi) is 6.11. The molecule has 72 valence electrons. The Morgan fingerprint density at radius 1 is 1.67 bits per heavy atom. The largest absolute Gasteiger partial charge is 0.461 e. The van der Waals surface area contributed by atoms with Crippen LogP contribution in [0, 0.1) is 0 Å². The molecular formula is C8H16ClNO2. The van der Waals surface area contributed by atoms with Crippen molar-refractivity contribution in [2.45, 2.75) is 32.3 Å². The van der Waals surface area contributed by atoms with Crippen molar-refractivity contribution in [1.82, 2.24) is 5.32 Å². The van der Waals surface area contributed by atoms with E-state index in [4.69, 9.17) is 4.74 Å². The fourth-order valence-electron chi connectivity index (χ4n) is 1.18. The Hall–Kier alpha value is -0.280. The first-order valence-electron chi connectivity index (χ1n) is 4.23. The van der Waals surface area contributed by atoms with Crippen LogP contribution in [-0.2, 0) is 9.53 Å². The van der Waals surface area contributed by atoms with Gasteiger partial charge >= 0.3 is 5.97 Å². The zero-order valence-corrected chi connectivity index (χ0v) is 8.15. The molecular weight excluding hydrogens is 178 g/mol. The molecule has 0 unspecified atom stereocenters. The third-order valence-electron chi connectivity index (χ3n) is 1.77. The van der Waals surface area contributed by atoms with E-state index in [2.05, 4.69) is 5.32 Å². The third kappa shape index (κ3) is 3.93. The fraction of sp³-hybridized carbons (Fsp3) is 0.875. The van der Waals surface area contributed by atoms with E-state index in [-0.39, 0.29) is 24.5 Å². The number of carbonyl (C=O) groups is 1. The lowest BCUT2D eigenvalue weighted by atomic mass is 10.3. The van der Waals surface area contributed by atoms with Crippen molar-refractivity contribution in [3.8, 4) is 0 Å². The van der Waals surface area contributed by atoms with Crippen LogP contribution in [0.3, 0.4) is 0 Å². The number of rotatable bonds is 3. The van der Waals surface area contributed by atoms with E-state index in [1.807, 2.05) is 6.92 Å². The van der Waals surface area contributed by atoms with Crippen LogP contribution in [0.25, 0.3) is 0 Å². The molecule has 0 aromatic heterocycles. The van der Waals surface area contributed by atoms with Gasteiger partial charge < -0.3 is 10.1 Å². The molecule has 1 rings (SSSR count). The number of esters is 1. The number of hydrogen-bond acceptors (Lipinski definition) is 3. The second kappa shape index (κ2) is 6.26. The van der Waals surface area contributed by atoms with E-state index in [0.717, 1.165) is 25.9 Å². The normalized spacial score (nSPS) is 21.6. The van der Waals surface area contributed by atoms with Crippen molar-refractivity contribution >= 4 is 18.4 Å². The fourth-order valence-corrected chi connectivity index (χ4v) is 1.18. The molecule has 1 atom stereocenters. The molecule has 0 aromatic rings. The average molecular weight is 194 g/mol. The van der Waals surface area contributed by atoms with Crippen LogP contribution >= 0.6 is 12.4 Å². The van der Waals surface area contributed by atoms with Gasteiger partial charge in [0.1, 0.15) is 6.10 Å². The summed E-state index contributed by atoms with van der Waals surface area (Å²) in [6.07, 6.45) is 2.53. The Balaban J connectivity index is 0.00000121. The van der Waals surface area contributed by atoms with E-state index in [0.29, 0.717) is 6.42 Å². The summed E-state index contributed by atoms with van der Waals surface area (Å²) in [5.41, 5.74) is 0. The predicted molar refractivity (Wildman–Crippen MR) is 49.5 cm³/mol. The molecule has 0 aromatic carbocycles. The second-order valence-electron chi connectivity index (χ2n) is 2.85. The highest BCUT2D eigenvalue weighted by molar-refractivity contribution is 5.85. The van der Waals surface area contributed by atoms with Crippen molar-refractivity contribution in [3.05, 3.63) is 0 Å². The van der Waals surface area contributed by atoms with Gasteiger partial charge in [-0.25, -0.2) is 0 Å². The van der Waals surface area contributed by atoms with Crippen LogP contribution in [0.2, 0.25) is 0 Å². The molecule has 1 saturated heterocycles. The van der Waals surface area contributed by atoms with Crippen LogP contribution in [0.15, 0.2) is 0 Å². The highest BCUT2D eigenvalue weighted by atomic mass is 35.5. The van der Waals surface area contributed by atoms with Gasteiger partial charge in [0.25, 0.3) is 0 Å². The highest BCUT2D eigenvalue weighted by Crippen LogP contribution is 2.04. The summed E-state index contributed by atoms with van der Waals surface area (Å²) >= 11 is 0. The van der Waals surface area contributed by atoms with Crippen LogP contribution in [0.4, 0.5) is 0 Å². The first-order chi connectivity index (χ1) is 5.33. The zero-order chi connectivity index (χ0) is 8.10. The van der Waals surface area contributed by atoms with Crippen molar-refractivity contribution in [3.63, 3.8) is 0 Å². The second-order valence-corrected chi connectivity index (χ2v) is 2.85. The van der Waals surface area contributed by atoms with Crippen molar-refractivity contribution < 1.29 is 9.53 Å². The summed E-state index contributed by atoms with van der Waals surface area (Å²) in [5.74, 6) is -0.0544. The molecule has 1 aliphatic rings. The van der Waals surface area contributed by atoms with Gasteiger partial charge in [-0.2, -0.15) is 0 Å². The maximum absolute atomic E-state index is 10.9. The maximum Gasteiger partial charge on any atom is 0.306 e. The lowest BCUT2D eigenvalue weighted by Gasteiger charge is -2.09. The summed E-state index contributed by atoms with van der Waals surface area (Å²) in [5, 5.41) is 3.14. The van der Waals surface area contributed by atoms with Gasteiger partial charge in [0.2, 0.25) is 0 Å². The lowest BCUT2D eigenvalue weighted by molar-refractivity contribution is -0.148. The highest BCUT2D eigenvalue weighted by Gasteiger charge is 2.17. The predicted octanol–water partition coefficient (Wildman–Crippen LogP) is 1.11. The number of carbonyl (C=O) groups excluding carboxylic acids is 1. The maximum atomic E-state index is 10.9. The Bertz CT molecular complexity index is 135. The van der Waals surface area contributed by atoms with Crippen LogP contribution in [-0.4, -0.2) is 25.2 Å². The molecule has 0 bridgehead atoms. The Morgan fingerprint density at radius 3 is 2.92 bits per heavy atom. The molecule has 1 N–H and O–H groups in total. The molecule has 12 heavy (non-hydrogen) atoms. The third-order valence-corrected chi connectivity index (χ3v) is 1.77. The SMILES string of the molecule is CCCC(=O)O[C@@H]1CCNC1.Cl. The van der Waals surface area contributed by atoms with Crippen LogP contribution in [0.5, 0.6) is 0 Å². The van der Waals surface area contributed by atoms with E-state index in [1.54, 1.807) is 0 Å². The Labute approximate surface area is 79.3 Å². The van der Waals surface area contributed by atoms with Gasteiger partial charge in [-0.1, -0.05) is 6.92 Å². The topological polar surface area (TPSA) is 38.3 Å². The summed E-state index contributed by atoms with van der Waals surface area (Å²) < 4.78 is 5.15. The summed E-state index contributed by atoms with van der Waals surface area (Å²) in [6.45, 7) is 3.79. The van der Waals surface area contributed by atoms with Gasteiger partial charge in [-0.05, 0) is 19.4 Å². The van der Waals surface area contributed by atoms with Gasteiger partial charge in [0.05, 0.1) is 0 Å². The average Bonchev–Trinajstić information content (AvgIpc) is 2.40. The van der Waals surface area contributed by atoms with Crippen LogP contribution < -0.4 is 5.32 Å². The van der Waals surface area contributed by atoms with Gasteiger partial charge in [0.15, 0.2) is 0 Å². The first kappa shape index (κ1) is 11.7. The summed E-state index contributed by atoms with van der Waals surface area (Å²) in [6, 6.07) is 0. The van der Waals surface area contributed by atoms with Gasteiger partial charge in [-0.3, -0.25) is 4.79 Å². The Morgan fingerprint density at radius 2 is 2.42 bits per heavy atom. The first-order valence-corrected chi connectivity index (χ1v) is 4.23. The van der Waals surface area contributed by atoms with Crippen molar-refractivity contribution in [2.75, 3.05) is 13.1 Å². The number of nitrogens with one attached hydrogen (secondary N) is 1. The van der Waals surface area contributed by atoms with E-state index >= 15 is 0 Å². The van der Waals surface area contributed by atoms with E-state index in [9.17, 15) is 4.79 Å². The minimum Gasteiger partial charge on any atom is -0.461 e. The molecule has 1 aliphatic heterocycles. The van der Waals surface area contributed by atoms with E-state index in [1.165, 1.54) is 0 Å². The lowest BCUT2D eigenvalue weighted by Crippen LogP contribution is -2.20. The van der Waals surface area contributed by atoms with Crippen molar-refractivity contribution in [1.29, 1.82) is 0 Å². The zero-order valence-electron chi connectivity index (χ0n) is 7.34. The number of hydrogen-bond donors (Lipinski definition) is 1. The van der Waals surface area contributed by atoms with Crippen molar-refractivity contribution in [2.24, 2.45) is 0 Å². The molecule has 0 saturated carbocycles. The smallest absolute Gasteiger partial charge is 0.306 e. The number of halogens is 1. The number of ether oxygens (including phenoxy) is 1. The monoisotopic (exact) mass is 193 g/mol. The standard InChI is InChI=1S/C8H15NO2.ClH/c1-2-3-8(10)11-7-4-5-9-6-7;/h7,9H,2-6H2,1H3;1H/t7-;/m1./s1. The molecule has 1 heterocycles. The molecule has 0 amide bonds. The molecule has 1 fully saturated rings. The molecule has 3 nitrogen and oxygen atoms in total. The molecule has 4 heteroatoms.